The van der Waals surface area contributed by atoms with E-state index in [0.717, 1.165) is 16.5 Å². The molecule has 0 saturated heterocycles. The van der Waals surface area contributed by atoms with Gasteiger partial charge in [0.15, 0.2) is 6.61 Å². The van der Waals surface area contributed by atoms with E-state index in [2.05, 4.69) is 26.6 Å². The van der Waals surface area contributed by atoms with Gasteiger partial charge in [-0.2, -0.15) is 0 Å². The van der Waals surface area contributed by atoms with Crippen LogP contribution in [0.2, 0.25) is 0 Å². The van der Waals surface area contributed by atoms with Crippen LogP contribution in [0.4, 0.5) is 4.79 Å². The summed E-state index contributed by atoms with van der Waals surface area (Å²) in [4.78, 5) is 34.6. The quantitative estimate of drug-likeness (QED) is 0.636. The highest BCUT2D eigenvalue weighted by molar-refractivity contribution is 9.10. The molecule has 1 atom stereocenters. The number of hydrogen-bond donors (Lipinski definition) is 2. The topological polar surface area (TPSA) is 84.5 Å². The number of amides is 3. The molecule has 1 aromatic rings. The first-order chi connectivity index (χ1) is 11.4. The van der Waals surface area contributed by atoms with Crippen LogP contribution in [-0.4, -0.2) is 36.3 Å². The summed E-state index contributed by atoms with van der Waals surface area (Å²) in [6.45, 7) is 3.62. The molecular formula is C16H21BrN2O4S. The number of carbonyl (C=O) groups excluding carboxylic acids is 3. The maximum Gasteiger partial charge on any atom is 0.321 e. The van der Waals surface area contributed by atoms with Crippen LogP contribution in [0.25, 0.3) is 0 Å². The Labute approximate surface area is 154 Å². The molecule has 0 fully saturated rings. The maximum absolute atomic E-state index is 11.8. The van der Waals surface area contributed by atoms with Crippen molar-refractivity contribution >= 4 is 45.6 Å². The molecule has 0 unspecified atom stereocenters. The maximum atomic E-state index is 11.8. The molecule has 0 aromatic heterocycles. The van der Waals surface area contributed by atoms with Gasteiger partial charge in [0.05, 0.1) is 5.25 Å². The standard InChI is InChI=1S/C16H21BrN2O4S/c1-3-8-18-16(22)19-14(20)9-23-15(21)11(2)24-10-12-4-6-13(17)7-5-12/h4-7,11H,3,8-10H2,1-2H3,(H2,18,19,20,22)/t11-/m0/s1. The lowest BCUT2D eigenvalue weighted by atomic mass is 10.2. The van der Waals surface area contributed by atoms with E-state index in [0.29, 0.717) is 12.3 Å². The van der Waals surface area contributed by atoms with Crippen molar-refractivity contribution in [2.45, 2.75) is 31.3 Å². The van der Waals surface area contributed by atoms with Crippen LogP contribution in [0.1, 0.15) is 25.8 Å². The molecule has 8 heteroatoms. The van der Waals surface area contributed by atoms with Crippen LogP contribution in [0, 0.1) is 0 Å². The highest BCUT2D eigenvalue weighted by Crippen LogP contribution is 2.20. The Morgan fingerprint density at radius 2 is 1.92 bits per heavy atom. The van der Waals surface area contributed by atoms with Gasteiger partial charge in [0.2, 0.25) is 0 Å². The van der Waals surface area contributed by atoms with Crippen LogP contribution >= 0.6 is 27.7 Å². The number of esters is 1. The molecule has 0 radical (unpaired) electrons. The van der Waals surface area contributed by atoms with Gasteiger partial charge >= 0.3 is 12.0 Å². The van der Waals surface area contributed by atoms with E-state index in [1.165, 1.54) is 11.8 Å². The largest absolute Gasteiger partial charge is 0.455 e. The van der Waals surface area contributed by atoms with Crippen molar-refractivity contribution in [3.8, 4) is 0 Å². The van der Waals surface area contributed by atoms with E-state index in [-0.39, 0.29) is 0 Å². The zero-order valence-corrected chi connectivity index (χ0v) is 16.0. The number of nitrogens with one attached hydrogen (secondary N) is 2. The molecule has 1 aromatic carbocycles. The first kappa shape index (κ1) is 20.5. The summed E-state index contributed by atoms with van der Waals surface area (Å²) >= 11 is 4.79. The lowest BCUT2D eigenvalue weighted by molar-refractivity contribution is -0.147. The molecule has 0 heterocycles. The van der Waals surface area contributed by atoms with Gasteiger partial charge in [0, 0.05) is 16.8 Å². The zero-order valence-electron chi connectivity index (χ0n) is 13.6. The SMILES string of the molecule is CCCNC(=O)NC(=O)COC(=O)[C@H](C)SCc1ccc(Br)cc1. The minimum absolute atomic E-state index is 0.407. The summed E-state index contributed by atoms with van der Waals surface area (Å²) in [6.07, 6.45) is 0.768. The summed E-state index contributed by atoms with van der Waals surface area (Å²) in [6, 6.07) is 7.23. The van der Waals surface area contributed by atoms with Crippen molar-refractivity contribution in [1.29, 1.82) is 0 Å². The van der Waals surface area contributed by atoms with E-state index in [9.17, 15) is 14.4 Å². The number of rotatable bonds is 8. The number of carbonyl (C=O) groups is 3. The van der Waals surface area contributed by atoms with E-state index in [1.54, 1.807) is 6.92 Å². The number of ether oxygens (including phenoxy) is 1. The van der Waals surface area contributed by atoms with Crippen LogP contribution in [0.15, 0.2) is 28.7 Å². The third-order valence-corrected chi connectivity index (χ3v) is 4.60. The van der Waals surface area contributed by atoms with Crippen molar-refractivity contribution in [1.82, 2.24) is 10.6 Å². The minimum Gasteiger partial charge on any atom is -0.455 e. The number of hydrogen-bond acceptors (Lipinski definition) is 5. The van der Waals surface area contributed by atoms with Crippen molar-refractivity contribution in [3.63, 3.8) is 0 Å². The zero-order chi connectivity index (χ0) is 17.9. The molecule has 6 nitrogen and oxygen atoms in total. The van der Waals surface area contributed by atoms with Gasteiger partial charge in [-0.15, -0.1) is 11.8 Å². The molecular weight excluding hydrogens is 396 g/mol. The van der Waals surface area contributed by atoms with Gasteiger partial charge in [0.25, 0.3) is 5.91 Å². The number of thioether (sulfide) groups is 1. The van der Waals surface area contributed by atoms with Gasteiger partial charge in [-0.05, 0) is 31.0 Å². The number of urea groups is 1. The summed E-state index contributed by atoms with van der Waals surface area (Å²) < 4.78 is 5.92. The monoisotopic (exact) mass is 416 g/mol. The average Bonchev–Trinajstić information content (AvgIpc) is 2.57. The predicted molar refractivity (Wildman–Crippen MR) is 97.7 cm³/mol. The van der Waals surface area contributed by atoms with E-state index in [1.807, 2.05) is 31.2 Å². The smallest absolute Gasteiger partial charge is 0.321 e. The Hall–Kier alpha value is -1.54. The normalized spacial score (nSPS) is 11.5. The fourth-order valence-electron chi connectivity index (χ4n) is 1.57. The summed E-state index contributed by atoms with van der Waals surface area (Å²) in [5.74, 6) is -0.474. The van der Waals surface area contributed by atoms with Crippen LogP contribution in [0.3, 0.4) is 0 Å². The average molecular weight is 417 g/mol. The Bertz CT molecular complexity index is 566. The van der Waals surface area contributed by atoms with Crippen molar-refractivity contribution in [3.05, 3.63) is 34.3 Å². The predicted octanol–water partition coefficient (Wildman–Crippen LogP) is 2.85. The fourth-order valence-corrected chi connectivity index (χ4v) is 2.67. The molecule has 0 aliphatic rings. The second-order valence-corrected chi connectivity index (χ2v) is 7.24. The van der Waals surface area contributed by atoms with Crippen molar-refractivity contribution in [2.24, 2.45) is 0 Å². The Kier molecular flexibility index (Phi) is 9.48. The van der Waals surface area contributed by atoms with E-state index in [4.69, 9.17) is 4.74 Å². The molecule has 1 rings (SSSR count). The molecule has 0 spiro atoms. The van der Waals surface area contributed by atoms with Crippen LogP contribution < -0.4 is 10.6 Å². The van der Waals surface area contributed by atoms with Crippen LogP contribution in [0.5, 0.6) is 0 Å². The summed E-state index contributed by atoms with van der Waals surface area (Å²) in [7, 11) is 0. The molecule has 132 valence electrons. The third-order valence-electron chi connectivity index (χ3n) is 2.88. The van der Waals surface area contributed by atoms with Gasteiger partial charge < -0.3 is 10.1 Å². The first-order valence-electron chi connectivity index (χ1n) is 7.52. The summed E-state index contributed by atoms with van der Waals surface area (Å²) in [5.41, 5.74) is 1.09. The van der Waals surface area contributed by atoms with Crippen molar-refractivity contribution < 1.29 is 19.1 Å². The van der Waals surface area contributed by atoms with Crippen LogP contribution in [-0.2, 0) is 20.1 Å². The van der Waals surface area contributed by atoms with Crippen molar-refractivity contribution in [2.75, 3.05) is 13.2 Å². The lowest BCUT2D eigenvalue weighted by Crippen LogP contribution is -2.41. The number of imide groups is 1. The minimum atomic E-state index is -0.651. The molecule has 2 N–H and O–H groups in total. The molecule has 0 aliphatic heterocycles. The number of benzene rings is 1. The summed E-state index contributed by atoms with van der Waals surface area (Å²) in [5, 5.41) is 4.18. The molecule has 0 saturated carbocycles. The van der Waals surface area contributed by atoms with Gasteiger partial charge in [-0.25, -0.2) is 4.79 Å². The highest BCUT2D eigenvalue weighted by atomic mass is 79.9. The highest BCUT2D eigenvalue weighted by Gasteiger charge is 2.17. The molecule has 24 heavy (non-hydrogen) atoms. The second kappa shape index (κ2) is 11.1. The fraction of sp³-hybridized carbons (Fsp3) is 0.438. The van der Waals surface area contributed by atoms with Gasteiger partial charge in [-0.1, -0.05) is 35.0 Å². The Balaban J connectivity index is 2.27. The molecule has 3 amide bonds. The van der Waals surface area contributed by atoms with Gasteiger partial charge in [-0.3, -0.25) is 14.9 Å². The molecule has 0 bridgehead atoms. The molecule has 0 aliphatic carbocycles. The van der Waals surface area contributed by atoms with E-state index >= 15 is 0 Å². The first-order valence-corrected chi connectivity index (χ1v) is 9.37. The Morgan fingerprint density at radius 1 is 1.25 bits per heavy atom. The number of halogens is 1. The lowest BCUT2D eigenvalue weighted by Gasteiger charge is -2.11. The van der Waals surface area contributed by atoms with Gasteiger partial charge in [0.1, 0.15) is 0 Å². The third kappa shape index (κ3) is 8.35. The Morgan fingerprint density at radius 3 is 2.54 bits per heavy atom. The second-order valence-electron chi connectivity index (χ2n) is 4.99. The van der Waals surface area contributed by atoms with E-state index < -0.39 is 29.8 Å².